The minimum absolute atomic E-state index is 0.0503. The molecule has 2 N–H and O–H groups in total. The van der Waals surface area contributed by atoms with E-state index in [-0.39, 0.29) is 17.6 Å². The molecule has 1 atom stereocenters. The molecule has 1 unspecified atom stereocenters. The number of carbonyl (C=O) groups excluding carboxylic acids is 1. The van der Waals surface area contributed by atoms with E-state index >= 15 is 0 Å². The molecule has 1 aliphatic heterocycles. The van der Waals surface area contributed by atoms with Crippen LogP contribution in [0.3, 0.4) is 0 Å². The highest BCUT2D eigenvalue weighted by Gasteiger charge is 2.30. The van der Waals surface area contributed by atoms with Crippen molar-refractivity contribution in [1.82, 2.24) is 15.0 Å². The molecule has 1 aliphatic rings. The van der Waals surface area contributed by atoms with Gasteiger partial charge in [-0.15, -0.1) is 10.2 Å². The van der Waals surface area contributed by atoms with Gasteiger partial charge in [0.1, 0.15) is 16.8 Å². The molecule has 0 radical (unpaired) electrons. The maximum Gasteiger partial charge on any atom is 0.225 e. The van der Waals surface area contributed by atoms with E-state index in [2.05, 4.69) is 10.4 Å². The molecule has 6 nitrogen and oxygen atoms in total. The van der Waals surface area contributed by atoms with Crippen LogP contribution in [0.25, 0.3) is 16.7 Å². The zero-order valence-electron chi connectivity index (χ0n) is 14.3. The molecule has 4 aromatic rings. The first-order chi connectivity index (χ1) is 13.2. The number of anilines is 1. The molecule has 1 aromatic heterocycles. The Morgan fingerprint density at radius 2 is 1.85 bits per heavy atom. The first kappa shape index (κ1) is 15.6. The average Bonchev–Trinajstić information content (AvgIpc) is 3.12. The van der Waals surface area contributed by atoms with Crippen molar-refractivity contribution < 1.29 is 9.90 Å². The lowest BCUT2D eigenvalue weighted by Crippen LogP contribution is -2.23. The van der Waals surface area contributed by atoms with Gasteiger partial charge in [0.25, 0.3) is 0 Å². The summed E-state index contributed by atoms with van der Waals surface area (Å²) in [6.07, 6.45) is 0.299. The lowest BCUT2D eigenvalue weighted by molar-refractivity contribution is -0.116. The molecule has 0 bridgehead atoms. The molecule has 27 heavy (non-hydrogen) atoms. The molecular weight excluding hydrogens is 340 g/mol. The van der Waals surface area contributed by atoms with Crippen LogP contribution in [0.2, 0.25) is 0 Å². The van der Waals surface area contributed by atoms with Crippen molar-refractivity contribution in [3.8, 4) is 11.4 Å². The minimum atomic E-state index is -0.189. The number of nitrogens with zero attached hydrogens (tertiary/aromatic N) is 3. The summed E-state index contributed by atoms with van der Waals surface area (Å²) in [5.74, 6) is -0.0590. The van der Waals surface area contributed by atoms with E-state index in [0.717, 1.165) is 33.5 Å². The van der Waals surface area contributed by atoms with E-state index in [4.69, 9.17) is 5.10 Å². The second-order valence-corrected chi connectivity index (χ2v) is 6.62. The highest BCUT2D eigenvalue weighted by molar-refractivity contribution is 5.99. The summed E-state index contributed by atoms with van der Waals surface area (Å²) in [5.41, 5.74) is 4.94. The van der Waals surface area contributed by atoms with Crippen molar-refractivity contribution in [2.75, 3.05) is 5.32 Å². The molecule has 0 fully saturated rings. The number of aromatic nitrogens is 3. The molecule has 0 saturated carbocycles. The van der Waals surface area contributed by atoms with Crippen LogP contribution in [0.5, 0.6) is 5.75 Å². The Hall–Kier alpha value is -3.67. The monoisotopic (exact) mass is 356 g/mol. The van der Waals surface area contributed by atoms with Gasteiger partial charge in [-0.1, -0.05) is 30.3 Å². The SMILES string of the molecule is O=C1CC(c2cccc(O)c2)c2c(ccc3nn(-c4ccccc4)nc23)N1. The third-order valence-electron chi connectivity index (χ3n) is 4.86. The molecule has 5 rings (SSSR count). The summed E-state index contributed by atoms with van der Waals surface area (Å²) in [7, 11) is 0. The molecule has 0 aliphatic carbocycles. The zero-order chi connectivity index (χ0) is 18.4. The lowest BCUT2D eigenvalue weighted by atomic mass is 9.84. The van der Waals surface area contributed by atoms with Gasteiger partial charge in [0.2, 0.25) is 5.91 Å². The summed E-state index contributed by atoms with van der Waals surface area (Å²) < 4.78 is 0. The molecule has 0 spiro atoms. The average molecular weight is 356 g/mol. The number of phenolic OH excluding ortho intramolecular Hbond substituents is 1. The number of phenols is 1. The summed E-state index contributed by atoms with van der Waals surface area (Å²) in [4.78, 5) is 13.9. The van der Waals surface area contributed by atoms with Crippen molar-refractivity contribution in [2.45, 2.75) is 12.3 Å². The van der Waals surface area contributed by atoms with Gasteiger partial charge in [-0.2, -0.15) is 4.80 Å². The first-order valence-electron chi connectivity index (χ1n) is 8.73. The van der Waals surface area contributed by atoms with E-state index < -0.39 is 0 Å². The van der Waals surface area contributed by atoms with Gasteiger partial charge in [0, 0.05) is 23.6 Å². The number of hydrogen-bond donors (Lipinski definition) is 2. The number of aromatic hydroxyl groups is 1. The van der Waals surface area contributed by atoms with Crippen LogP contribution in [-0.2, 0) is 4.79 Å². The summed E-state index contributed by atoms with van der Waals surface area (Å²) in [6.45, 7) is 0. The first-order valence-corrected chi connectivity index (χ1v) is 8.73. The summed E-state index contributed by atoms with van der Waals surface area (Å²) in [5, 5.41) is 22.1. The van der Waals surface area contributed by atoms with Gasteiger partial charge in [-0.25, -0.2) is 0 Å². The van der Waals surface area contributed by atoms with Gasteiger partial charge in [-0.05, 0) is 42.0 Å². The van der Waals surface area contributed by atoms with Crippen LogP contribution in [-0.4, -0.2) is 26.0 Å². The Balaban J connectivity index is 1.73. The Bertz CT molecular complexity index is 1170. The van der Waals surface area contributed by atoms with E-state index in [1.54, 1.807) is 23.0 Å². The fourth-order valence-corrected chi connectivity index (χ4v) is 3.65. The number of hydrogen-bond acceptors (Lipinski definition) is 4. The Kier molecular flexibility index (Phi) is 3.43. The van der Waals surface area contributed by atoms with E-state index in [9.17, 15) is 9.90 Å². The van der Waals surface area contributed by atoms with Crippen LogP contribution in [0.15, 0.2) is 66.7 Å². The molecule has 132 valence electrons. The van der Waals surface area contributed by atoms with Crippen molar-refractivity contribution in [2.24, 2.45) is 0 Å². The second kappa shape index (κ2) is 5.95. The normalized spacial score (nSPS) is 16.1. The number of carbonyl (C=O) groups is 1. The van der Waals surface area contributed by atoms with Gasteiger partial charge in [0.15, 0.2) is 0 Å². The molecule has 6 heteroatoms. The molecule has 0 saturated heterocycles. The maximum absolute atomic E-state index is 12.2. The fraction of sp³-hybridized carbons (Fsp3) is 0.0952. The largest absolute Gasteiger partial charge is 0.508 e. The number of rotatable bonds is 2. The quantitative estimate of drug-likeness (QED) is 0.575. The minimum Gasteiger partial charge on any atom is -0.508 e. The van der Waals surface area contributed by atoms with Gasteiger partial charge in [0.05, 0.1) is 5.69 Å². The Labute approximate surface area is 155 Å². The summed E-state index contributed by atoms with van der Waals surface area (Å²) in [6, 6.07) is 20.5. The Morgan fingerprint density at radius 3 is 2.67 bits per heavy atom. The summed E-state index contributed by atoms with van der Waals surface area (Å²) >= 11 is 0. The van der Waals surface area contributed by atoms with Crippen molar-refractivity contribution in [3.63, 3.8) is 0 Å². The number of nitrogens with one attached hydrogen (secondary N) is 1. The zero-order valence-corrected chi connectivity index (χ0v) is 14.3. The van der Waals surface area contributed by atoms with E-state index in [1.165, 1.54) is 0 Å². The lowest BCUT2D eigenvalue weighted by Gasteiger charge is -2.26. The van der Waals surface area contributed by atoms with Gasteiger partial charge < -0.3 is 10.4 Å². The number of para-hydroxylation sites is 1. The maximum atomic E-state index is 12.2. The van der Waals surface area contributed by atoms with Crippen molar-refractivity contribution in [1.29, 1.82) is 0 Å². The van der Waals surface area contributed by atoms with Crippen LogP contribution in [0, 0.1) is 0 Å². The predicted molar refractivity (Wildman–Crippen MR) is 102 cm³/mol. The molecule has 3 aromatic carbocycles. The van der Waals surface area contributed by atoms with Crippen LogP contribution in [0.1, 0.15) is 23.5 Å². The second-order valence-electron chi connectivity index (χ2n) is 6.62. The third kappa shape index (κ3) is 2.62. The van der Waals surface area contributed by atoms with Crippen molar-refractivity contribution in [3.05, 3.63) is 77.9 Å². The van der Waals surface area contributed by atoms with Crippen LogP contribution >= 0.6 is 0 Å². The van der Waals surface area contributed by atoms with Crippen LogP contribution < -0.4 is 5.32 Å². The number of amides is 1. The Morgan fingerprint density at radius 1 is 1.00 bits per heavy atom. The smallest absolute Gasteiger partial charge is 0.225 e. The molecular formula is C21H16N4O2. The van der Waals surface area contributed by atoms with E-state index in [0.29, 0.717) is 6.42 Å². The predicted octanol–water partition coefficient (Wildman–Crippen LogP) is 3.60. The van der Waals surface area contributed by atoms with Gasteiger partial charge in [-0.3, -0.25) is 4.79 Å². The van der Waals surface area contributed by atoms with Crippen molar-refractivity contribution >= 4 is 22.6 Å². The standard InChI is InChI=1S/C21H16N4O2/c26-15-8-4-5-13(11-15)16-12-19(27)22-17-9-10-18-21(20(16)17)24-25(23-18)14-6-2-1-3-7-14/h1-11,16,26H,12H2,(H,22,27). The molecule has 2 heterocycles. The van der Waals surface area contributed by atoms with Gasteiger partial charge >= 0.3 is 0 Å². The highest BCUT2D eigenvalue weighted by atomic mass is 16.3. The number of benzene rings is 3. The third-order valence-corrected chi connectivity index (χ3v) is 4.86. The number of fused-ring (bicyclic) bond motifs is 3. The van der Waals surface area contributed by atoms with Crippen LogP contribution in [0.4, 0.5) is 5.69 Å². The molecule has 1 amide bonds. The fourth-order valence-electron chi connectivity index (χ4n) is 3.65. The topological polar surface area (TPSA) is 80.0 Å². The van der Waals surface area contributed by atoms with E-state index in [1.807, 2.05) is 48.5 Å². The highest BCUT2D eigenvalue weighted by Crippen LogP contribution is 2.41.